The number of likely N-dealkylation sites (N-methyl/N-ethyl adjacent to an activating group) is 1. The van der Waals surface area contributed by atoms with E-state index in [0.717, 1.165) is 11.1 Å². The molecule has 2 rings (SSSR count). The number of hydrogen-bond acceptors (Lipinski definition) is 3. The molecule has 0 saturated heterocycles. The Bertz CT molecular complexity index is 708. The van der Waals surface area contributed by atoms with Gasteiger partial charge in [0.25, 0.3) is 5.91 Å². The number of nitrogens with zero attached hydrogens (tertiary/aromatic N) is 1. The minimum absolute atomic E-state index is 0.269. The molecule has 0 radical (unpaired) electrons. The van der Waals surface area contributed by atoms with Crippen LogP contribution in [0.5, 0.6) is 0 Å². The first-order chi connectivity index (χ1) is 10.9. The van der Waals surface area contributed by atoms with Crippen molar-refractivity contribution in [3.8, 4) is 0 Å². The third kappa shape index (κ3) is 3.97. The number of ether oxygens (including phenoxy) is 1. The van der Waals surface area contributed by atoms with Crippen LogP contribution in [0.3, 0.4) is 0 Å². The second-order valence-electron chi connectivity index (χ2n) is 5.75. The molecule has 0 fully saturated rings. The highest BCUT2D eigenvalue weighted by molar-refractivity contribution is 5.93. The molecular formula is C19H21NO3. The Morgan fingerprint density at radius 1 is 1.00 bits per heavy atom. The zero-order valence-corrected chi connectivity index (χ0v) is 13.9. The van der Waals surface area contributed by atoms with E-state index in [0.29, 0.717) is 11.1 Å². The van der Waals surface area contributed by atoms with Gasteiger partial charge in [-0.15, -0.1) is 0 Å². The molecule has 0 N–H and O–H groups in total. The monoisotopic (exact) mass is 311 g/mol. The van der Waals surface area contributed by atoms with Crippen LogP contribution in [0.4, 0.5) is 0 Å². The number of rotatable bonds is 4. The second kappa shape index (κ2) is 7.09. The third-order valence-electron chi connectivity index (χ3n) is 3.59. The fourth-order valence-corrected chi connectivity index (χ4v) is 2.34. The van der Waals surface area contributed by atoms with Crippen LogP contribution in [0.2, 0.25) is 0 Å². The SMILES string of the molecule is Cc1ccc(C(=O)O[C@@H](C(=O)N(C)C)c2ccccc2)c(C)c1. The number of carbonyl (C=O) groups excluding carboxylic acids is 2. The van der Waals surface area contributed by atoms with Gasteiger partial charge in [-0.05, 0) is 25.5 Å². The Morgan fingerprint density at radius 2 is 1.65 bits per heavy atom. The zero-order chi connectivity index (χ0) is 17.0. The first-order valence-electron chi connectivity index (χ1n) is 7.44. The fraction of sp³-hybridized carbons (Fsp3) is 0.263. The molecule has 0 unspecified atom stereocenters. The number of carbonyl (C=O) groups is 2. The van der Waals surface area contributed by atoms with Crippen molar-refractivity contribution >= 4 is 11.9 Å². The summed E-state index contributed by atoms with van der Waals surface area (Å²) in [6.07, 6.45) is -0.945. The molecule has 0 heterocycles. The van der Waals surface area contributed by atoms with Crippen LogP contribution in [0, 0.1) is 13.8 Å². The van der Waals surface area contributed by atoms with E-state index in [1.54, 1.807) is 32.3 Å². The molecule has 120 valence electrons. The largest absolute Gasteiger partial charge is 0.444 e. The molecule has 1 atom stereocenters. The summed E-state index contributed by atoms with van der Waals surface area (Å²) in [6.45, 7) is 3.82. The number of aryl methyl sites for hydroxylation is 2. The predicted octanol–water partition coefficient (Wildman–Crippen LogP) is 3.29. The maximum absolute atomic E-state index is 12.5. The average Bonchev–Trinajstić information content (AvgIpc) is 2.52. The first-order valence-corrected chi connectivity index (χ1v) is 7.44. The molecule has 0 aliphatic heterocycles. The second-order valence-corrected chi connectivity index (χ2v) is 5.75. The van der Waals surface area contributed by atoms with E-state index in [9.17, 15) is 9.59 Å². The predicted molar refractivity (Wildman–Crippen MR) is 89.2 cm³/mol. The van der Waals surface area contributed by atoms with Gasteiger partial charge in [-0.1, -0.05) is 48.0 Å². The topological polar surface area (TPSA) is 46.6 Å². The van der Waals surface area contributed by atoms with E-state index in [-0.39, 0.29) is 5.91 Å². The Kier molecular flexibility index (Phi) is 5.16. The highest BCUT2D eigenvalue weighted by Gasteiger charge is 2.27. The molecule has 0 aliphatic rings. The summed E-state index contributed by atoms with van der Waals surface area (Å²) in [5.41, 5.74) is 3.04. The summed E-state index contributed by atoms with van der Waals surface area (Å²) >= 11 is 0. The van der Waals surface area contributed by atoms with Gasteiger partial charge in [0.15, 0.2) is 0 Å². The lowest BCUT2D eigenvalue weighted by atomic mass is 10.1. The van der Waals surface area contributed by atoms with E-state index in [1.807, 2.05) is 44.2 Å². The normalized spacial score (nSPS) is 11.7. The van der Waals surface area contributed by atoms with Gasteiger partial charge in [0.1, 0.15) is 0 Å². The van der Waals surface area contributed by atoms with Gasteiger partial charge in [0.2, 0.25) is 6.10 Å². The molecule has 0 spiro atoms. The van der Waals surface area contributed by atoms with Crippen molar-refractivity contribution < 1.29 is 14.3 Å². The highest BCUT2D eigenvalue weighted by Crippen LogP contribution is 2.22. The van der Waals surface area contributed by atoms with Gasteiger partial charge in [0.05, 0.1) is 5.56 Å². The standard InChI is InChI=1S/C19H21NO3/c1-13-10-11-16(14(2)12-13)19(22)23-17(18(21)20(3)4)15-8-6-5-7-9-15/h5-12,17H,1-4H3/t17-/m1/s1. The van der Waals surface area contributed by atoms with Crippen molar-refractivity contribution in [2.45, 2.75) is 20.0 Å². The van der Waals surface area contributed by atoms with Gasteiger partial charge in [-0.25, -0.2) is 4.79 Å². The zero-order valence-electron chi connectivity index (χ0n) is 13.9. The van der Waals surface area contributed by atoms with Crippen molar-refractivity contribution in [1.82, 2.24) is 4.90 Å². The van der Waals surface area contributed by atoms with E-state index in [1.165, 1.54) is 4.90 Å². The summed E-state index contributed by atoms with van der Waals surface area (Å²) in [5, 5.41) is 0. The van der Waals surface area contributed by atoms with Gasteiger partial charge in [-0.3, -0.25) is 4.79 Å². The number of amides is 1. The highest BCUT2D eigenvalue weighted by atomic mass is 16.5. The summed E-state index contributed by atoms with van der Waals surface area (Å²) < 4.78 is 5.54. The van der Waals surface area contributed by atoms with Gasteiger partial charge >= 0.3 is 5.97 Å². The molecule has 2 aromatic carbocycles. The molecule has 2 aromatic rings. The van der Waals surface area contributed by atoms with Crippen molar-refractivity contribution in [3.05, 3.63) is 70.8 Å². The molecule has 1 amide bonds. The molecule has 23 heavy (non-hydrogen) atoms. The summed E-state index contributed by atoms with van der Waals surface area (Å²) in [6, 6.07) is 14.5. The Morgan fingerprint density at radius 3 is 2.22 bits per heavy atom. The lowest BCUT2D eigenvalue weighted by molar-refractivity contribution is -0.138. The van der Waals surface area contributed by atoms with E-state index >= 15 is 0 Å². The van der Waals surface area contributed by atoms with Crippen LogP contribution in [-0.2, 0) is 9.53 Å². The van der Waals surface area contributed by atoms with Crippen LogP contribution in [0.1, 0.15) is 33.2 Å². The van der Waals surface area contributed by atoms with Crippen LogP contribution in [0.25, 0.3) is 0 Å². The molecule has 0 aliphatic carbocycles. The van der Waals surface area contributed by atoms with Crippen LogP contribution in [-0.4, -0.2) is 30.9 Å². The average molecular weight is 311 g/mol. The molecule has 4 heteroatoms. The number of benzene rings is 2. The van der Waals surface area contributed by atoms with E-state index in [4.69, 9.17) is 4.74 Å². The van der Waals surface area contributed by atoms with Crippen LogP contribution < -0.4 is 0 Å². The summed E-state index contributed by atoms with van der Waals surface area (Å²) in [7, 11) is 3.28. The van der Waals surface area contributed by atoms with Crippen molar-refractivity contribution in [1.29, 1.82) is 0 Å². The maximum Gasteiger partial charge on any atom is 0.339 e. The smallest absolute Gasteiger partial charge is 0.339 e. The number of esters is 1. The fourth-order valence-electron chi connectivity index (χ4n) is 2.34. The minimum atomic E-state index is -0.945. The van der Waals surface area contributed by atoms with Crippen LogP contribution >= 0.6 is 0 Å². The van der Waals surface area contributed by atoms with Gasteiger partial charge in [0, 0.05) is 19.7 Å². The van der Waals surface area contributed by atoms with Crippen molar-refractivity contribution in [3.63, 3.8) is 0 Å². The molecule has 0 bridgehead atoms. The van der Waals surface area contributed by atoms with Gasteiger partial charge < -0.3 is 9.64 Å². The third-order valence-corrected chi connectivity index (χ3v) is 3.59. The van der Waals surface area contributed by atoms with Gasteiger partial charge in [-0.2, -0.15) is 0 Å². The maximum atomic E-state index is 12.5. The molecule has 0 aromatic heterocycles. The Hall–Kier alpha value is -2.62. The quantitative estimate of drug-likeness (QED) is 0.814. The Labute approximate surface area is 136 Å². The van der Waals surface area contributed by atoms with Crippen LogP contribution in [0.15, 0.2) is 48.5 Å². The first kappa shape index (κ1) is 16.7. The summed E-state index contributed by atoms with van der Waals surface area (Å²) in [5.74, 6) is -0.763. The van der Waals surface area contributed by atoms with E-state index < -0.39 is 12.1 Å². The van der Waals surface area contributed by atoms with Crippen molar-refractivity contribution in [2.75, 3.05) is 14.1 Å². The van der Waals surface area contributed by atoms with Crippen molar-refractivity contribution in [2.24, 2.45) is 0 Å². The lowest BCUT2D eigenvalue weighted by Crippen LogP contribution is -2.31. The summed E-state index contributed by atoms with van der Waals surface area (Å²) in [4.78, 5) is 26.3. The Balaban J connectivity index is 2.30. The molecule has 4 nitrogen and oxygen atoms in total. The lowest BCUT2D eigenvalue weighted by Gasteiger charge is -2.21. The molecule has 0 saturated carbocycles. The number of hydrogen-bond donors (Lipinski definition) is 0. The molecular weight excluding hydrogens is 290 g/mol. The minimum Gasteiger partial charge on any atom is -0.444 e. The van der Waals surface area contributed by atoms with E-state index in [2.05, 4.69) is 0 Å².